The molecule has 1 aromatic heterocycles. The van der Waals surface area contributed by atoms with Crippen LogP contribution in [0, 0.1) is 5.92 Å². The normalized spacial score (nSPS) is 13.0. The van der Waals surface area contributed by atoms with Crippen LogP contribution in [0.4, 0.5) is 4.79 Å². The topological polar surface area (TPSA) is 82.5 Å². The first kappa shape index (κ1) is 21.4. The van der Waals surface area contributed by atoms with Crippen molar-refractivity contribution in [3.63, 3.8) is 0 Å². The molecule has 0 radical (unpaired) electrons. The average Bonchev–Trinajstić information content (AvgIpc) is 2.67. The lowest BCUT2D eigenvalue weighted by Crippen LogP contribution is -2.59. The molecule has 0 saturated heterocycles. The van der Waals surface area contributed by atoms with Crippen LogP contribution in [0.1, 0.15) is 38.3 Å². The van der Waals surface area contributed by atoms with Gasteiger partial charge in [0.05, 0.1) is 6.54 Å². The Kier molecular flexibility index (Phi) is 7.55. The lowest BCUT2D eigenvalue weighted by molar-refractivity contribution is -0.132. The summed E-state index contributed by atoms with van der Waals surface area (Å²) < 4.78 is 0. The average molecular weight is 383 g/mol. The predicted molar refractivity (Wildman–Crippen MR) is 109 cm³/mol. The van der Waals surface area contributed by atoms with Gasteiger partial charge in [-0.05, 0) is 42.5 Å². The van der Waals surface area contributed by atoms with Gasteiger partial charge in [0, 0.05) is 25.4 Å². The molecular weight excluding hydrogens is 354 g/mol. The van der Waals surface area contributed by atoms with E-state index in [9.17, 15) is 14.7 Å². The van der Waals surface area contributed by atoms with E-state index >= 15 is 0 Å². The Bertz CT molecular complexity index is 765. The van der Waals surface area contributed by atoms with Gasteiger partial charge in [-0.1, -0.05) is 44.2 Å². The van der Waals surface area contributed by atoms with Crippen molar-refractivity contribution in [2.75, 3.05) is 6.54 Å². The van der Waals surface area contributed by atoms with Gasteiger partial charge in [-0.2, -0.15) is 0 Å². The van der Waals surface area contributed by atoms with E-state index in [1.165, 1.54) is 4.90 Å². The van der Waals surface area contributed by atoms with Gasteiger partial charge in [0.1, 0.15) is 5.54 Å². The highest BCUT2D eigenvalue weighted by Crippen LogP contribution is 2.24. The molecule has 150 valence electrons. The number of aromatic nitrogens is 1. The van der Waals surface area contributed by atoms with Crippen molar-refractivity contribution in [1.29, 1.82) is 0 Å². The van der Waals surface area contributed by atoms with Crippen molar-refractivity contribution in [3.05, 3.63) is 66.0 Å². The van der Waals surface area contributed by atoms with Crippen LogP contribution in [0.3, 0.4) is 0 Å². The Morgan fingerprint density at radius 2 is 1.75 bits per heavy atom. The third-order valence-electron chi connectivity index (χ3n) is 4.80. The van der Waals surface area contributed by atoms with Crippen LogP contribution in [0.2, 0.25) is 0 Å². The first-order valence-corrected chi connectivity index (χ1v) is 9.54. The number of benzene rings is 1. The molecule has 0 aliphatic heterocycles. The van der Waals surface area contributed by atoms with Crippen LogP contribution in [0.25, 0.3) is 0 Å². The van der Waals surface area contributed by atoms with Gasteiger partial charge in [-0.25, -0.2) is 4.79 Å². The highest BCUT2D eigenvalue weighted by atomic mass is 16.4. The highest BCUT2D eigenvalue weighted by Gasteiger charge is 2.42. The maximum Gasteiger partial charge on any atom is 0.408 e. The molecule has 1 heterocycles. The van der Waals surface area contributed by atoms with Gasteiger partial charge in [0.15, 0.2) is 0 Å². The number of nitrogens with zero attached hydrogens (tertiary/aromatic N) is 2. The minimum atomic E-state index is -1.24. The number of carbonyl (C=O) groups is 2. The Morgan fingerprint density at radius 1 is 1.11 bits per heavy atom. The number of hydrogen-bond donors (Lipinski definition) is 2. The Labute approximate surface area is 166 Å². The van der Waals surface area contributed by atoms with Crippen molar-refractivity contribution < 1.29 is 14.7 Å². The molecule has 2 N–H and O–H groups in total. The minimum absolute atomic E-state index is 0.110. The fourth-order valence-electron chi connectivity index (χ4n) is 3.08. The van der Waals surface area contributed by atoms with Crippen LogP contribution < -0.4 is 5.32 Å². The van der Waals surface area contributed by atoms with Gasteiger partial charge in [-0.15, -0.1) is 0 Å². The quantitative estimate of drug-likeness (QED) is 0.691. The van der Waals surface area contributed by atoms with Gasteiger partial charge >= 0.3 is 6.09 Å². The van der Waals surface area contributed by atoms with Crippen molar-refractivity contribution in [2.45, 2.75) is 45.7 Å². The standard InChI is InChI=1S/C22H29N3O3/c1-17(2)9-14-24-20(26)22(3,15-18-7-5-4-6-8-18)25(21(27)28)16-19-10-12-23-13-11-19/h4-8,10-13,17H,9,14-16H2,1-3H3,(H,24,26)(H,27,28)/t22-/m0/s1. The predicted octanol–water partition coefficient (Wildman–Crippen LogP) is 3.73. The van der Waals surface area contributed by atoms with Crippen LogP contribution in [-0.4, -0.2) is 39.1 Å². The van der Waals surface area contributed by atoms with E-state index in [4.69, 9.17) is 0 Å². The molecule has 1 atom stereocenters. The van der Waals surface area contributed by atoms with Crippen LogP contribution in [0.5, 0.6) is 0 Å². The highest BCUT2D eigenvalue weighted by molar-refractivity contribution is 5.89. The van der Waals surface area contributed by atoms with Gasteiger partial charge in [0.2, 0.25) is 5.91 Å². The number of hydrogen-bond acceptors (Lipinski definition) is 3. The number of carbonyl (C=O) groups excluding carboxylic acids is 1. The monoisotopic (exact) mass is 383 g/mol. The van der Waals surface area contributed by atoms with Crippen molar-refractivity contribution in [2.24, 2.45) is 5.92 Å². The third-order valence-corrected chi connectivity index (χ3v) is 4.80. The van der Waals surface area contributed by atoms with Gasteiger partial charge in [-0.3, -0.25) is 14.7 Å². The maximum atomic E-state index is 13.2. The largest absolute Gasteiger partial charge is 0.465 e. The first-order valence-electron chi connectivity index (χ1n) is 9.54. The Hall–Kier alpha value is -2.89. The molecule has 0 spiro atoms. The molecule has 6 heteroatoms. The van der Waals surface area contributed by atoms with E-state index in [1.807, 2.05) is 30.3 Å². The third kappa shape index (κ3) is 5.81. The molecule has 6 nitrogen and oxygen atoms in total. The van der Waals surface area contributed by atoms with Gasteiger partial charge < -0.3 is 10.4 Å². The summed E-state index contributed by atoms with van der Waals surface area (Å²) >= 11 is 0. The van der Waals surface area contributed by atoms with E-state index in [2.05, 4.69) is 24.1 Å². The molecule has 0 unspecified atom stereocenters. The maximum absolute atomic E-state index is 13.2. The summed E-state index contributed by atoms with van der Waals surface area (Å²) in [5, 5.41) is 12.9. The lowest BCUT2D eigenvalue weighted by atomic mass is 9.89. The second kappa shape index (κ2) is 9.88. The molecule has 2 aromatic rings. The summed E-state index contributed by atoms with van der Waals surface area (Å²) in [5.74, 6) is 0.168. The minimum Gasteiger partial charge on any atom is -0.465 e. The van der Waals surface area contributed by atoms with E-state index in [-0.39, 0.29) is 12.5 Å². The molecule has 0 aliphatic rings. The van der Waals surface area contributed by atoms with Crippen LogP contribution in [0.15, 0.2) is 54.9 Å². The molecule has 0 bridgehead atoms. The zero-order valence-electron chi connectivity index (χ0n) is 16.8. The van der Waals surface area contributed by atoms with Crippen LogP contribution >= 0.6 is 0 Å². The molecule has 0 saturated carbocycles. The number of carboxylic acid groups (broad SMARTS) is 1. The molecule has 0 fully saturated rings. The summed E-state index contributed by atoms with van der Waals surface area (Å²) in [7, 11) is 0. The Morgan fingerprint density at radius 3 is 2.32 bits per heavy atom. The second-order valence-corrected chi connectivity index (χ2v) is 7.60. The number of amides is 2. The molecule has 0 aliphatic carbocycles. The zero-order valence-corrected chi connectivity index (χ0v) is 16.8. The smallest absolute Gasteiger partial charge is 0.408 e. The van der Waals surface area contributed by atoms with E-state index in [0.29, 0.717) is 18.9 Å². The molecule has 28 heavy (non-hydrogen) atoms. The van der Waals surface area contributed by atoms with Crippen molar-refractivity contribution in [1.82, 2.24) is 15.2 Å². The fourth-order valence-corrected chi connectivity index (χ4v) is 3.08. The summed E-state index contributed by atoms with van der Waals surface area (Å²) in [6.45, 7) is 6.49. The number of nitrogens with one attached hydrogen (secondary N) is 1. The molecule has 1 aromatic carbocycles. The van der Waals surface area contributed by atoms with Crippen LogP contribution in [-0.2, 0) is 17.8 Å². The zero-order chi connectivity index (χ0) is 20.6. The van der Waals surface area contributed by atoms with E-state index < -0.39 is 11.6 Å². The SMILES string of the molecule is CC(C)CCNC(=O)[C@](C)(Cc1ccccc1)N(Cc1ccncc1)C(=O)O. The molecule has 2 rings (SSSR count). The summed E-state index contributed by atoms with van der Waals surface area (Å²) in [5.41, 5.74) is 0.449. The summed E-state index contributed by atoms with van der Waals surface area (Å²) in [4.78, 5) is 30.5. The first-order chi connectivity index (χ1) is 13.3. The fraction of sp³-hybridized carbons (Fsp3) is 0.409. The van der Waals surface area contributed by atoms with E-state index in [1.54, 1.807) is 31.5 Å². The molecular formula is C22H29N3O3. The summed E-state index contributed by atoms with van der Waals surface area (Å²) in [6.07, 6.45) is 3.23. The molecule has 2 amide bonds. The number of pyridine rings is 1. The second-order valence-electron chi connectivity index (χ2n) is 7.60. The van der Waals surface area contributed by atoms with Crippen molar-refractivity contribution in [3.8, 4) is 0 Å². The Balaban J connectivity index is 2.32. The number of rotatable bonds is 9. The summed E-state index contributed by atoms with van der Waals surface area (Å²) in [6, 6.07) is 13.0. The van der Waals surface area contributed by atoms with Gasteiger partial charge in [0.25, 0.3) is 0 Å². The lowest BCUT2D eigenvalue weighted by Gasteiger charge is -2.38. The van der Waals surface area contributed by atoms with E-state index in [0.717, 1.165) is 17.5 Å². The van der Waals surface area contributed by atoms with Crippen molar-refractivity contribution >= 4 is 12.0 Å².